The second kappa shape index (κ2) is 5.41. The minimum absolute atomic E-state index is 0.321. The summed E-state index contributed by atoms with van der Waals surface area (Å²) in [6.45, 7) is 3.93. The summed E-state index contributed by atoms with van der Waals surface area (Å²) in [5.74, 6) is 0. The Labute approximate surface area is 114 Å². The molecular formula is C16H16O2S. The van der Waals surface area contributed by atoms with E-state index in [1.807, 2.05) is 38.1 Å². The molecule has 0 unspecified atom stereocenters. The van der Waals surface area contributed by atoms with Crippen LogP contribution < -0.4 is 0 Å². The summed E-state index contributed by atoms with van der Waals surface area (Å²) in [5.41, 5.74) is 3.07. The summed E-state index contributed by atoms with van der Waals surface area (Å²) in [6.07, 6.45) is 1.62. The molecule has 0 saturated heterocycles. The van der Waals surface area contributed by atoms with Gasteiger partial charge in [-0.2, -0.15) is 0 Å². The minimum atomic E-state index is -3.37. The lowest BCUT2D eigenvalue weighted by Gasteiger charge is -2.00. The van der Waals surface area contributed by atoms with Gasteiger partial charge < -0.3 is 0 Å². The van der Waals surface area contributed by atoms with Crippen LogP contribution in [0.4, 0.5) is 0 Å². The van der Waals surface area contributed by atoms with E-state index in [9.17, 15) is 8.42 Å². The second-order valence-corrected chi connectivity index (χ2v) is 6.41. The maximum absolute atomic E-state index is 12.1. The normalized spacial score (nSPS) is 11.9. The van der Waals surface area contributed by atoms with E-state index in [4.69, 9.17) is 0 Å². The molecule has 0 atom stereocenters. The third-order valence-electron chi connectivity index (χ3n) is 2.87. The first kappa shape index (κ1) is 13.6. The molecular weight excluding hydrogens is 256 g/mol. The lowest BCUT2D eigenvalue weighted by atomic mass is 10.2. The Hall–Kier alpha value is -1.87. The summed E-state index contributed by atoms with van der Waals surface area (Å²) >= 11 is 0. The summed E-state index contributed by atoms with van der Waals surface area (Å²) < 4.78 is 24.2. The van der Waals surface area contributed by atoms with Crippen molar-refractivity contribution in [2.75, 3.05) is 0 Å². The fraction of sp³-hybridized carbons (Fsp3) is 0.125. The van der Waals surface area contributed by atoms with Crippen molar-refractivity contribution in [2.24, 2.45) is 0 Å². The molecule has 0 N–H and O–H groups in total. The number of hydrogen-bond donors (Lipinski definition) is 0. The van der Waals surface area contributed by atoms with Crippen LogP contribution in [0, 0.1) is 13.8 Å². The minimum Gasteiger partial charge on any atom is -0.219 e. The molecule has 0 radical (unpaired) electrons. The quantitative estimate of drug-likeness (QED) is 0.852. The Balaban J connectivity index is 2.26. The van der Waals surface area contributed by atoms with Gasteiger partial charge in [-0.3, -0.25) is 0 Å². The first-order chi connectivity index (χ1) is 8.97. The summed E-state index contributed by atoms with van der Waals surface area (Å²) in [6, 6.07) is 14.6. The molecule has 0 aliphatic carbocycles. The highest BCUT2D eigenvalue weighted by atomic mass is 32.2. The van der Waals surface area contributed by atoms with Gasteiger partial charge in [-0.05, 0) is 37.6 Å². The molecule has 3 heteroatoms. The predicted octanol–water partition coefficient (Wildman–Crippen LogP) is 3.75. The smallest absolute Gasteiger partial charge is 0.199 e. The molecule has 0 fully saturated rings. The number of hydrogen-bond acceptors (Lipinski definition) is 2. The average Bonchev–Trinajstić information content (AvgIpc) is 2.39. The molecule has 0 heterocycles. The topological polar surface area (TPSA) is 34.1 Å². The van der Waals surface area contributed by atoms with E-state index in [1.165, 1.54) is 5.41 Å². The van der Waals surface area contributed by atoms with Crippen LogP contribution in [0.25, 0.3) is 6.08 Å². The van der Waals surface area contributed by atoms with Crippen molar-refractivity contribution < 1.29 is 8.42 Å². The van der Waals surface area contributed by atoms with E-state index in [1.54, 1.807) is 30.3 Å². The van der Waals surface area contributed by atoms with E-state index in [2.05, 4.69) is 0 Å². The van der Waals surface area contributed by atoms with Crippen LogP contribution in [0.1, 0.15) is 16.7 Å². The zero-order valence-electron chi connectivity index (χ0n) is 11.0. The molecule has 0 saturated carbocycles. The van der Waals surface area contributed by atoms with Gasteiger partial charge in [-0.25, -0.2) is 8.42 Å². The van der Waals surface area contributed by atoms with Gasteiger partial charge >= 0.3 is 0 Å². The predicted molar refractivity (Wildman–Crippen MR) is 78.6 cm³/mol. The molecule has 0 aliphatic heterocycles. The van der Waals surface area contributed by atoms with Gasteiger partial charge in [0.05, 0.1) is 4.90 Å². The summed E-state index contributed by atoms with van der Waals surface area (Å²) in [4.78, 5) is 0.321. The molecule has 0 amide bonds. The Kier molecular flexibility index (Phi) is 3.86. The third-order valence-corrected chi connectivity index (χ3v) is 4.29. The first-order valence-corrected chi connectivity index (χ1v) is 7.58. The van der Waals surface area contributed by atoms with Crippen LogP contribution in [0.3, 0.4) is 0 Å². The van der Waals surface area contributed by atoms with E-state index in [0.29, 0.717) is 4.90 Å². The van der Waals surface area contributed by atoms with Crippen molar-refractivity contribution in [2.45, 2.75) is 18.7 Å². The molecule has 0 aromatic heterocycles. The van der Waals surface area contributed by atoms with Crippen molar-refractivity contribution in [3.8, 4) is 0 Å². The Morgan fingerprint density at radius 1 is 0.789 bits per heavy atom. The van der Waals surface area contributed by atoms with Crippen LogP contribution in [0.5, 0.6) is 0 Å². The molecule has 19 heavy (non-hydrogen) atoms. The monoisotopic (exact) mass is 272 g/mol. The lowest BCUT2D eigenvalue weighted by Crippen LogP contribution is -1.95. The highest BCUT2D eigenvalue weighted by Crippen LogP contribution is 2.15. The SMILES string of the molecule is Cc1ccc(C=CS(=O)(=O)c2ccc(C)cc2)cc1. The van der Waals surface area contributed by atoms with Crippen LogP contribution >= 0.6 is 0 Å². The largest absolute Gasteiger partial charge is 0.219 e. The van der Waals surface area contributed by atoms with Crippen LogP contribution in [0.15, 0.2) is 58.8 Å². The van der Waals surface area contributed by atoms with Crippen molar-refractivity contribution in [3.63, 3.8) is 0 Å². The number of aryl methyl sites for hydroxylation is 2. The fourth-order valence-corrected chi connectivity index (χ4v) is 2.66. The Morgan fingerprint density at radius 2 is 1.26 bits per heavy atom. The van der Waals surface area contributed by atoms with Crippen LogP contribution in [-0.2, 0) is 9.84 Å². The van der Waals surface area contributed by atoms with Crippen molar-refractivity contribution in [1.29, 1.82) is 0 Å². The van der Waals surface area contributed by atoms with Gasteiger partial charge in [0, 0.05) is 5.41 Å². The molecule has 0 bridgehead atoms. The highest BCUT2D eigenvalue weighted by molar-refractivity contribution is 7.94. The third kappa shape index (κ3) is 3.55. The number of benzene rings is 2. The Morgan fingerprint density at radius 3 is 1.79 bits per heavy atom. The first-order valence-electron chi connectivity index (χ1n) is 6.04. The number of sulfone groups is 1. The standard InChI is InChI=1S/C16H16O2S/c1-13-3-7-15(8-4-13)11-12-19(17,18)16-9-5-14(2)6-10-16/h3-12H,1-2H3. The molecule has 0 aliphatic rings. The molecule has 98 valence electrons. The Bertz CT molecular complexity index is 679. The number of rotatable bonds is 3. The van der Waals surface area contributed by atoms with Gasteiger partial charge in [0.2, 0.25) is 0 Å². The van der Waals surface area contributed by atoms with E-state index >= 15 is 0 Å². The van der Waals surface area contributed by atoms with Gasteiger partial charge in [-0.15, -0.1) is 0 Å². The summed E-state index contributed by atoms with van der Waals surface area (Å²) in [5, 5.41) is 1.25. The maximum atomic E-state index is 12.1. The highest BCUT2D eigenvalue weighted by Gasteiger charge is 2.09. The van der Waals surface area contributed by atoms with E-state index in [0.717, 1.165) is 16.7 Å². The molecule has 0 spiro atoms. The van der Waals surface area contributed by atoms with Crippen molar-refractivity contribution in [3.05, 3.63) is 70.6 Å². The molecule has 2 aromatic rings. The van der Waals surface area contributed by atoms with Gasteiger partial charge in [0.1, 0.15) is 0 Å². The van der Waals surface area contributed by atoms with Gasteiger partial charge in [0.15, 0.2) is 9.84 Å². The van der Waals surface area contributed by atoms with Gasteiger partial charge in [-0.1, -0.05) is 47.5 Å². The molecule has 2 aromatic carbocycles. The zero-order valence-corrected chi connectivity index (χ0v) is 11.8. The average molecular weight is 272 g/mol. The van der Waals surface area contributed by atoms with E-state index < -0.39 is 9.84 Å². The second-order valence-electron chi connectivity index (χ2n) is 4.57. The lowest BCUT2D eigenvalue weighted by molar-refractivity contribution is 0.605. The van der Waals surface area contributed by atoms with Gasteiger partial charge in [0.25, 0.3) is 0 Å². The van der Waals surface area contributed by atoms with Crippen molar-refractivity contribution >= 4 is 15.9 Å². The molecule has 2 nitrogen and oxygen atoms in total. The fourth-order valence-electron chi connectivity index (χ4n) is 1.65. The van der Waals surface area contributed by atoms with Crippen molar-refractivity contribution in [1.82, 2.24) is 0 Å². The van der Waals surface area contributed by atoms with Crippen LogP contribution in [-0.4, -0.2) is 8.42 Å². The zero-order chi connectivity index (χ0) is 13.9. The van der Waals surface area contributed by atoms with E-state index in [-0.39, 0.29) is 0 Å². The molecule has 2 rings (SSSR count). The summed E-state index contributed by atoms with van der Waals surface area (Å²) in [7, 11) is -3.37. The van der Waals surface area contributed by atoms with Crippen LogP contribution in [0.2, 0.25) is 0 Å². The maximum Gasteiger partial charge on any atom is 0.199 e.